The van der Waals surface area contributed by atoms with E-state index in [0.29, 0.717) is 37.3 Å². The van der Waals surface area contributed by atoms with Crippen LogP contribution in [0.25, 0.3) is 0 Å². The van der Waals surface area contributed by atoms with Crippen LogP contribution in [0.15, 0.2) is 42.6 Å². The predicted molar refractivity (Wildman–Crippen MR) is 110 cm³/mol. The number of nitrogens with zero attached hydrogens (tertiary/aromatic N) is 4. The van der Waals surface area contributed by atoms with Gasteiger partial charge in [-0.3, -0.25) is 9.59 Å². The predicted octanol–water partition coefficient (Wildman–Crippen LogP) is 2.29. The van der Waals surface area contributed by atoms with Crippen molar-refractivity contribution in [1.29, 1.82) is 0 Å². The molecule has 2 aromatic rings. The standard InChI is InChI=1S/C22H26N4O3/c1-29-18-8-6-17(7-9-18)21(27)25-13-15-26(16-14-25)22(28)19-5-4-10-23-20(19)24-11-2-3-12-24/h4-10H,2-3,11-16H2,1H3. The van der Waals surface area contributed by atoms with Gasteiger partial charge in [-0.1, -0.05) is 0 Å². The van der Waals surface area contributed by atoms with Crippen molar-refractivity contribution >= 4 is 17.6 Å². The number of carbonyl (C=O) groups is 2. The highest BCUT2D eigenvalue weighted by molar-refractivity contribution is 5.99. The molecule has 1 aromatic carbocycles. The second-order valence-electron chi connectivity index (χ2n) is 7.38. The second kappa shape index (κ2) is 8.51. The van der Waals surface area contributed by atoms with Crippen LogP contribution in [0.1, 0.15) is 33.6 Å². The summed E-state index contributed by atoms with van der Waals surface area (Å²) in [5, 5.41) is 0. The van der Waals surface area contributed by atoms with E-state index in [1.54, 1.807) is 42.5 Å². The van der Waals surface area contributed by atoms with Gasteiger partial charge >= 0.3 is 0 Å². The number of piperazine rings is 1. The van der Waals surface area contributed by atoms with Gasteiger partial charge < -0.3 is 19.4 Å². The summed E-state index contributed by atoms with van der Waals surface area (Å²) < 4.78 is 5.15. The van der Waals surface area contributed by atoms with Gasteiger partial charge in [0.2, 0.25) is 0 Å². The Balaban J connectivity index is 1.40. The number of methoxy groups -OCH3 is 1. The topological polar surface area (TPSA) is 66.0 Å². The van der Waals surface area contributed by atoms with E-state index in [1.807, 2.05) is 17.0 Å². The summed E-state index contributed by atoms with van der Waals surface area (Å²) in [7, 11) is 1.60. The molecule has 3 heterocycles. The van der Waals surface area contributed by atoms with E-state index in [0.717, 1.165) is 37.5 Å². The first-order chi connectivity index (χ1) is 14.2. The Hall–Kier alpha value is -3.09. The summed E-state index contributed by atoms with van der Waals surface area (Å²) in [5.74, 6) is 1.49. The Morgan fingerprint density at radius 2 is 1.48 bits per heavy atom. The number of hydrogen-bond donors (Lipinski definition) is 0. The van der Waals surface area contributed by atoms with Crippen molar-refractivity contribution in [2.45, 2.75) is 12.8 Å². The SMILES string of the molecule is COc1ccc(C(=O)N2CCN(C(=O)c3cccnc3N3CCCC3)CC2)cc1. The first kappa shape index (κ1) is 19.2. The summed E-state index contributed by atoms with van der Waals surface area (Å²) in [4.78, 5) is 36.2. The largest absolute Gasteiger partial charge is 0.497 e. The number of hydrogen-bond acceptors (Lipinski definition) is 5. The van der Waals surface area contributed by atoms with Gasteiger partial charge in [0.1, 0.15) is 11.6 Å². The van der Waals surface area contributed by atoms with Gasteiger partial charge in [0.05, 0.1) is 12.7 Å². The van der Waals surface area contributed by atoms with E-state index in [9.17, 15) is 9.59 Å². The highest BCUT2D eigenvalue weighted by atomic mass is 16.5. The third-order valence-electron chi connectivity index (χ3n) is 5.61. The van der Waals surface area contributed by atoms with Crippen LogP contribution in [0.5, 0.6) is 5.75 Å². The van der Waals surface area contributed by atoms with Crippen molar-refractivity contribution in [3.05, 3.63) is 53.7 Å². The third-order valence-corrected chi connectivity index (χ3v) is 5.61. The van der Waals surface area contributed by atoms with Crippen LogP contribution in [-0.2, 0) is 0 Å². The molecular formula is C22H26N4O3. The second-order valence-corrected chi connectivity index (χ2v) is 7.38. The highest BCUT2D eigenvalue weighted by Crippen LogP contribution is 2.24. The van der Waals surface area contributed by atoms with Crippen LogP contribution in [0.3, 0.4) is 0 Å². The number of rotatable bonds is 4. The lowest BCUT2D eigenvalue weighted by molar-refractivity contribution is 0.0535. The van der Waals surface area contributed by atoms with Crippen molar-refractivity contribution in [2.24, 2.45) is 0 Å². The van der Waals surface area contributed by atoms with Crippen molar-refractivity contribution in [2.75, 3.05) is 51.3 Å². The van der Waals surface area contributed by atoms with Gasteiger partial charge in [-0.15, -0.1) is 0 Å². The van der Waals surface area contributed by atoms with Crippen LogP contribution < -0.4 is 9.64 Å². The molecule has 152 valence electrons. The van der Waals surface area contributed by atoms with Crippen LogP contribution in [0.2, 0.25) is 0 Å². The number of ether oxygens (including phenoxy) is 1. The lowest BCUT2D eigenvalue weighted by atomic mass is 10.1. The number of aromatic nitrogens is 1. The molecule has 2 aliphatic heterocycles. The van der Waals surface area contributed by atoms with Crippen molar-refractivity contribution in [3.63, 3.8) is 0 Å². The number of amides is 2. The number of pyridine rings is 1. The maximum atomic E-state index is 13.1. The van der Waals surface area contributed by atoms with E-state index in [1.165, 1.54) is 0 Å². The minimum atomic E-state index is -0.0149. The van der Waals surface area contributed by atoms with Gasteiger partial charge in [-0.2, -0.15) is 0 Å². The first-order valence-corrected chi connectivity index (χ1v) is 10.1. The van der Waals surface area contributed by atoms with Gasteiger partial charge in [0.25, 0.3) is 11.8 Å². The van der Waals surface area contributed by atoms with Gasteiger partial charge in [0, 0.05) is 51.0 Å². The third kappa shape index (κ3) is 4.04. The fourth-order valence-electron chi connectivity index (χ4n) is 3.94. The zero-order valence-electron chi connectivity index (χ0n) is 16.7. The van der Waals surface area contributed by atoms with Crippen LogP contribution >= 0.6 is 0 Å². The maximum Gasteiger partial charge on any atom is 0.257 e. The summed E-state index contributed by atoms with van der Waals surface area (Å²) in [6.07, 6.45) is 4.02. The smallest absolute Gasteiger partial charge is 0.257 e. The summed E-state index contributed by atoms with van der Waals surface area (Å²) in [6, 6.07) is 10.8. The molecule has 2 aliphatic rings. The lowest BCUT2D eigenvalue weighted by Gasteiger charge is -2.35. The average molecular weight is 394 g/mol. The Bertz CT molecular complexity index is 870. The molecular weight excluding hydrogens is 368 g/mol. The van der Waals surface area contributed by atoms with E-state index in [-0.39, 0.29) is 11.8 Å². The average Bonchev–Trinajstić information content (AvgIpc) is 3.33. The van der Waals surface area contributed by atoms with Crippen LogP contribution in [0, 0.1) is 0 Å². The van der Waals surface area contributed by atoms with Crippen LogP contribution in [-0.4, -0.2) is 73.0 Å². The molecule has 0 unspecified atom stereocenters. The molecule has 4 rings (SSSR count). The number of benzene rings is 1. The molecule has 0 radical (unpaired) electrons. The molecule has 0 spiro atoms. The fourth-order valence-corrected chi connectivity index (χ4v) is 3.94. The normalized spacial score (nSPS) is 16.8. The molecule has 2 amide bonds. The zero-order chi connectivity index (χ0) is 20.2. The summed E-state index contributed by atoms with van der Waals surface area (Å²) >= 11 is 0. The minimum absolute atomic E-state index is 0.00320. The monoisotopic (exact) mass is 394 g/mol. The lowest BCUT2D eigenvalue weighted by Crippen LogP contribution is -2.50. The number of carbonyl (C=O) groups excluding carboxylic acids is 2. The highest BCUT2D eigenvalue weighted by Gasteiger charge is 2.28. The molecule has 2 saturated heterocycles. The molecule has 0 atom stereocenters. The van der Waals surface area contributed by atoms with Crippen molar-refractivity contribution in [3.8, 4) is 5.75 Å². The molecule has 1 aromatic heterocycles. The first-order valence-electron chi connectivity index (χ1n) is 10.1. The number of anilines is 1. The van der Waals surface area contributed by atoms with Gasteiger partial charge in [-0.25, -0.2) is 4.98 Å². The Kier molecular flexibility index (Phi) is 5.64. The van der Waals surface area contributed by atoms with Crippen molar-refractivity contribution in [1.82, 2.24) is 14.8 Å². The molecule has 0 N–H and O–H groups in total. The Labute approximate surface area is 170 Å². The molecule has 7 nitrogen and oxygen atoms in total. The molecule has 7 heteroatoms. The maximum absolute atomic E-state index is 13.1. The Morgan fingerprint density at radius 3 is 2.10 bits per heavy atom. The minimum Gasteiger partial charge on any atom is -0.497 e. The van der Waals surface area contributed by atoms with Crippen molar-refractivity contribution < 1.29 is 14.3 Å². The summed E-state index contributed by atoms with van der Waals surface area (Å²) in [6.45, 7) is 3.98. The quantitative estimate of drug-likeness (QED) is 0.796. The Morgan fingerprint density at radius 1 is 0.862 bits per heavy atom. The van der Waals surface area contributed by atoms with Gasteiger partial charge in [-0.05, 0) is 49.2 Å². The summed E-state index contributed by atoms with van der Waals surface area (Å²) in [5.41, 5.74) is 1.29. The van der Waals surface area contributed by atoms with E-state index >= 15 is 0 Å². The van der Waals surface area contributed by atoms with Crippen LogP contribution in [0.4, 0.5) is 5.82 Å². The van der Waals surface area contributed by atoms with E-state index in [2.05, 4.69) is 9.88 Å². The molecule has 2 fully saturated rings. The zero-order valence-corrected chi connectivity index (χ0v) is 16.7. The molecule has 0 saturated carbocycles. The van der Waals surface area contributed by atoms with E-state index in [4.69, 9.17) is 4.74 Å². The molecule has 0 aliphatic carbocycles. The van der Waals surface area contributed by atoms with Gasteiger partial charge in [0.15, 0.2) is 0 Å². The van der Waals surface area contributed by atoms with E-state index < -0.39 is 0 Å². The molecule has 0 bridgehead atoms. The fraction of sp³-hybridized carbons (Fsp3) is 0.409. The molecule has 29 heavy (non-hydrogen) atoms.